The van der Waals surface area contributed by atoms with E-state index in [-0.39, 0.29) is 0 Å². The van der Waals surface area contributed by atoms with E-state index in [4.69, 9.17) is 9.15 Å². The number of nitrogens with one attached hydrogen (secondary N) is 1. The van der Waals surface area contributed by atoms with Gasteiger partial charge in [0.1, 0.15) is 5.60 Å². The van der Waals surface area contributed by atoms with Crippen molar-refractivity contribution in [3.8, 4) is 21.6 Å². The molecular weight excluding hydrogens is 336 g/mol. The zero-order chi connectivity index (χ0) is 17.9. The van der Waals surface area contributed by atoms with E-state index in [1.165, 1.54) is 0 Å². The lowest BCUT2D eigenvalue weighted by molar-refractivity contribution is 0.0524. The third kappa shape index (κ3) is 4.48. The van der Waals surface area contributed by atoms with Gasteiger partial charge < -0.3 is 14.5 Å². The van der Waals surface area contributed by atoms with E-state index in [2.05, 4.69) is 10.3 Å². The molecule has 0 aromatic carbocycles. The van der Waals surface area contributed by atoms with Gasteiger partial charge in [0.05, 0.1) is 19.1 Å². The summed E-state index contributed by atoms with van der Waals surface area (Å²) in [6.07, 6.45) is 6.58. The summed E-state index contributed by atoms with van der Waals surface area (Å²) in [6, 6.07) is 7.94. The van der Waals surface area contributed by atoms with E-state index in [9.17, 15) is 4.79 Å². The van der Waals surface area contributed by atoms with Gasteiger partial charge in [0.15, 0.2) is 0 Å². The second-order valence-electron chi connectivity index (χ2n) is 6.55. The van der Waals surface area contributed by atoms with Crippen LogP contribution in [0, 0.1) is 0 Å². The highest BCUT2D eigenvalue weighted by molar-refractivity contribution is 7.15. The van der Waals surface area contributed by atoms with Crippen LogP contribution in [0.25, 0.3) is 21.6 Å². The fourth-order valence-corrected chi connectivity index (χ4v) is 3.32. The zero-order valence-corrected chi connectivity index (χ0v) is 15.2. The van der Waals surface area contributed by atoms with Crippen molar-refractivity contribution in [3.05, 3.63) is 54.1 Å². The molecule has 0 saturated heterocycles. The first-order valence-corrected chi connectivity index (χ1v) is 8.76. The topological polar surface area (TPSA) is 64.4 Å². The Morgan fingerprint density at radius 1 is 1.24 bits per heavy atom. The monoisotopic (exact) mass is 356 g/mol. The first-order chi connectivity index (χ1) is 11.9. The standard InChI is InChI=1S/C19H20N2O3S/c1-19(2,3)24-18(22)21-10-14-4-5-17(25-14)16-11-20-8-6-15(16)13-7-9-23-12-13/h4-9,11-12H,10H2,1-3H3,(H,21,22). The molecule has 3 rings (SSSR count). The van der Waals surface area contributed by atoms with Crippen LogP contribution in [0.1, 0.15) is 25.6 Å². The number of hydrogen-bond donors (Lipinski definition) is 1. The molecule has 3 aromatic rings. The Labute approximate surface area is 150 Å². The molecule has 6 heteroatoms. The molecule has 0 aliphatic rings. The highest BCUT2D eigenvalue weighted by Gasteiger charge is 2.16. The number of nitrogens with zero attached hydrogens (tertiary/aromatic N) is 1. The van der Waals surface area contributed by atoms with Crippen LogP contribution in [0.4, 0.5) is 4.79 Å². The Hall–Kier alpha value is -2.60. The average molecular weight is 356 g/mol. The molecule has 3 heterocycles. The molecule has 0 aliphatic carbocycles. The van der Waals surface area contributed by atoms with Gasteiger partial charge in [-0.15, -0.1) is 11.3 Å². The predicted molar refractivity (Wildman–Crippen MR) is 98.3 cm³/mol. The van der Waals surface area contributed by atoms with E-state index in [1.807, 2.05) is 51.2 Å². The van der Waals surface area contributed by atoms with Crippen molar-refractivity contribution in [3.63, 3.8) is 0 Å². The minimum absolute atomic E-state index is 0.414. The summed E-state index contributed by atoms with van der Waals surface area (Å²) in [5.41, 5.74) is 2.62. The van der Waals surface area contributed by atoms with Crippen molar-refractivity contribution < 1.29 is 13.9 Å². The summed E-state index contributed by atoms with van der Waals surface area (Å²) in [6.45, 7) is 5.96. The fraction of sp³-hybridized carbons (Fsp3) is 0.263. The number of aromatic nitrogens is 1. The Morgan fingerprint density at radius 3 is 2.80 bits per heavy atom. The molecule has 0 spiro atoms. The lowest BCUT2D eigenvalue weighted by Gasteiger charge is -2.19. The Morgan fingerprint density at radius 2 is 2.08 bits per heavy atom. The maximum atomic E-state index is 11.8. The number of hydrogen-bond acceptors (Lipinski definition) is 5. The number of amides is 1. The molecule has 3 aromatic heterocycles. The molecule has 0 fully saturated rings. The summed E-state index contributed by atoms with van der Waals surface area (Å²) in [5, 5.41) is 2.78. The van der Waals surface area contributed by atoms with Crippen LogP contribution in [0.2, 0.25) is 0 Å². The molecule has 0 saturated carbocycles. The number of carbonyl (C=O) groups excluding carboxylic acids is 1. The van der Waals surface area contributed by atoms with E-state index in [0.29, 0.717) is 6.54 Å². The highest BCUT2D eigenvalue weighted by atomic mass is 32.1. The number of rotatable bonds is 4. The highest BCUT2D eigenvalue weighted by Crippen LogP contribution is 2.35. The van der Waals surface area contributed by atoms with Crippen LogP contribution >= 0.6 is 11.3 Å². The smallest absolute Gasteiger partial charge is 0.407 e. The molecule has 5 nitrogen and oxygen atoms in total. The van der Waals surface area contributed by atoms with E-state index in [1.54, 1.807) is 30.1 Å². The van der Waals surface area contributed by atoms with Crippen molar-refractivity contribution in [1.82, 2.24) is 10.3 Å². The van der Waals surface area contributed by atoms with Crippen LogP contribution in [-0.4, -0.2) is 16.7 Å². The quantitative estimate of drug-likeness (QED) is 0.707. The van der Waals surface area contributed by atoms with Crippen molar-refractivity contribution in [2.24, 2.45) is 0 Å². The van der Waals surface area contributed by atoms with Gasteiger partial charge in [0.2, 0.25) is 0 Å². The van der Waals surface area contributed by atoms with Gasteiger partial charge >= 0.3 is 6.09 Å². The second-order valence-corrected chi connectivity index (χ2v) is 7.72. The van der Waals surface area contributed by atoms with E-state index >= 15 is 0 Å². The van der Waals surface area contributed by atoms with Gasteiger partial charge in [0.25, 0.3) is 0 Å². The third-order valence-corrected chi connectivity index (χ3v) is 4.50. The maximum absolute atomic E-state index is 11.8. The number of ether oxygens (including phenoxy) is 1. The van der Waals surface area contributed by atoms with Gasteiger partial charge in [-0.05, 0) is 50.6 Å². The molecule has 1 N–H and O–H groups in total. The zero-order valence-electron chi connectivity index (χ0n) is 14.4. The van der Waals surface area contributed by atoms with Crippen molar-refractivity contribution >= 4 is 17.4 Å². The molecule has 0 atom stereocenters. The summed E-state index contributed by atoms with van der Waals surface area (Å²) in [4.78, 5) is 18.1. The van der Waals surface area contributed by atoms with Gasteiger partial charge in [0, 0.05) is 33.3 Å². The van der Waals surface area contributed by atoms with E-state index < -0.39 is 11.7 Å². The molecule has 25 heavy (non-hydrogen) atoms. The van der Waals surface area contributed by atoms with Gasteiger partial charge in [-0.1, -0.05) is 0 Å². The fourth-order valence-electron chi connectivity index (χ4n) is 2.35. The van der Waals surface area contributed by atoms with Crippen LogP contribution in [0.3, 0.4) is 0 Å². The van der Waals surface area contributed by atoms with Gasteiger partial charge in [-0.3, -0.25) is 4.98 Å². The van der Waals surface area contributed by atoms with Crippen LogP contribution in [0.5, 0.6) is 0 Å². The minimum atomic E-state index is -0.500. The predicted octanol–water partition coefficient (Wildman–Crippen LogP) is 5.09. The Kier molecular flexibility index (Phi) is 4.90. The normalized spacial score (nSPS) is 11.3. The number of thiophene rings is 1. The second kappa shape index (κ2) is 7.11. The molecule has 1 amide bonds. The number of furan rings is 1. The Bertz CT molecular complexity index is 848. The van der Waals surface area contributed by atoms with Crippen LogP contribution in [0.15, 0.2) is 53.6 Å². The number of pyridine rings is 1. The van der Waals surface area contributed by atoms with Gasteiger partial charge in [-0.2, -0.15) is 0 Å². The lowest BCUT2D eigenvalue weighted by atomic mass is 10.0. The van der Waals surface area contributed by atoms with Crippen molar-refractivity contribution in [2.45, 2.75) is 32.9 Å². The Balaban J connectivity index is 1.74. The molecule has 0 aliphatic heterocycles. The average Bonchev–Trinajstić information content (AvgIpc) is 3.23. The lowest BCUT2D eigenvalue weighted by Crippen LogP contribution is -2.31. The van der Waals surface area contributed by atoms with E-state index in [0.717, 1.165) is 26.4 Å². The summed E-state index contributed by atoms with van der Waals surface area (Å²) in [5.74, 6) is 0. The molecule has 0 radical (unpaired) electrons. The number of carbonyl (C=O) groups is 1. The first kappa shape index (κ1) is 17.2. The van der Waals surface area contributed by atoms with Crippen molar-refractivity contribution in [2.75, 3.05) is 0 Å². The summed E-state index contributed by atoms with van der Waals surface area (Å²) < 4.78 is 10.4. The number of alkyl carbamates (subject to hydrolysis) is 1. The molecule has 0 bridgehead atoms. The molecule has 130 valence electrons. The minimum Gasteiger partial charge on any atom is -0.472 e. The molecular formula is C19H20N2O3S. The maximum Gasteiger partial charge on any atom is 0.407 e. The largest absolute Gasteiger partial charge is 0.472 e. The van der Waals surface area contributed by atoms with Gasteiger partial charge in [-0.25, -0.2) is 4.79 Å². The first-order valence-electron chi connectivity index (χ1n) is 7.95. The summed E-state index contributed by atoms with van der Waals surface area (Å²) in [7, 11) is 0. The SMILES string of the molecule is CC(C)(C)OC(=O)NCc1ccc(-c2cnccc2-c2ccoc2)s1. The summed E-state index contributed by atoms with van der Waals surface area (Å²) >= 11 is 1.62. The third-order valence-electron chi connectivity index (χ3n) is 3.39. The van der Waals surface area contributed by atoms with Crippen LogP contribution < -0.4 is 5.32 Å². The van der Waals surface area contributed by atoms with Crippen LogP contribution in [-0.2, 0) is 11.3 Å². The molecule has 0 unspecified atom stereocenters. The van der Waals surface area contributed by atoms with Crippen molar-refractivity contribution in [1.29, 1.82) is 0 Å².